The smallest absolute Gasteiger partial charge is 0.462 e. The Kier molecular flexibility index (Phi) is 36.8. The second-order valence-corrected chi connectivity index (χ2v) is 33.1. The molecule has 4 N–H and O–H groups in total. The predicted molar refractivity (Wildman–Crippen MR) is 352 cm³/mol. The molecule has 3 fully saturated rings. The van der Waals surface area contributed by atoms with Crippen molar-refractivity contribution in [3.8, 4) is 0 Å². The van der Waals surface area contributed by atoms with Crippen molar-refractivity contribution in [3.05, 3.63) is 0 Å². The molecular formula is C68H130N4O20. The molecule has 0 aromatic carbocycles. The summed E-state index contributed by atoms with van der Waals surface area (Å²) in [5, 5.41) is 29.6. The van der Waals surface area contributed by atoms with Crippen LogP contribution in [0, 0.1) is 65.0 Å². The fraction of sp³-hybridized carbons (Fsp3) is 0.882. The molecule has 542 valence electrons. The Morgan fingerprint density at radius 3 is 1.17 bits per heavy atom. The molecule has 0 radical (unpaired) electrons. The van der Waals surface area contributed by atoms with Gasteiger partial charge >= 0.3 is 48.1 Å². The molecule has 3 saturated heterocycles. The lowest BCUT2D eigenvalue weighted by atomic mass is 9.69. The third kappa shape index (κ3) is 29.9. The predicted octanol–water partition coefficient (Wildman–Crippen LogP) is 10.9. The molecule has 3 aliphatic rings. The van der Waals surface area contributed by atoms with Gasteiger partial charge in [0.25, 0.3) is 0 Å². The van der Waals surface area contributed by atoms with Gasteiger partial charge in [0.05, 0.1) is 78.6 Å². The van der Waals surface area contributed by atoms with Crippen molar-refractivity contribution >= 4 is 48.1 Å². The zero-order valence-corrected chi connectivity index (χ0v) is 63.2. The first kappa shape index (κ1) is 91.5. The fourth-order valence-corrected chi connectivity index (χ4v) is 5.51. The van der Waals surface area contributed by atoms with Crippen LogP contribution in [0.5, 0.6) is 0 Å². The molecule has 0 aromatic heterocycles. The van der Waals surface area contributed by atoms with Crippen molar-refractivity contribution in [2.75, 3.05) is 93.1 Å². The summed E-state index contributed by atoms with van der Waals surface area (Å²) in [5.41, 5.74) is -2.03. The average molecular weight is 1320 g/mol. The largest absolute Gasteiger partial charge is 0.508 e. The van der Waals surface area contributed by atoms with E-state index < -0.39 is 69.5 Å². The molecule has 1 amide bonds. The molecule has 3 aliphatic heterocycles. The maximum absolute atomic E-state index is 12.1. The van der Waals surface area contributed by atoms with E-state index in [-0.39, 0.29) is 95.3 Å². The molecule has 92 heavy (non-hydrogen) atoms. The van der Waals surface area contributed by atoms with Gasteiger partial charge in [-0.3, -0.25) is 14.4 Å². The number of aliphatic hydroxyl groups is 3. The highest BCUT2D eigenvalue weighted by Gasteiger charge is 2.47. The van der Waals surface area contributed by atoms with Crippen LogP contribution in [0.4, 0.5) is 9.59 Å². The number of ether oxygens (including phenoxy) is 6. The minimum atomic E-state index is -0.996. The fourth-order valence-electron chi connectivity index (χ4n) is 5.51. The number of hydrogen-bond acceptors (Lipinski definition) is 23. The van der Waals surface area contributed by atoms with Crippen molar-refractivity contribution in [2.24, 2.45) is 65.0 Å². The van der Waals surface area contributed by atoms with Gasteiger partial charge in [-0.25, -0.2) is 24.0 Å². The van der Waals surface area contributed by atoms with E-state index in [9.17, 15) is 38.4 Å². The SMILES string of the molecule is CC(C)(C)C(C)(C)C(=O)OCC(O)CO.CC(C)(C)C(C)(C)C(=O)OCC1COC(=O)O1.CC(C)(C)C(C)(C)C(=O)ON1CCCC1.CC(C)(C)C(C)(C)C(=O)ON1CCOCC1.CC(C)(C)C(C)(C)C(=O)ONCCO.CN(C)C(=O)OC(=O)C(C)(C)C(C)(C)C. The van der Waals surface area contributed by atoms with E-state index in [1.54, 1.807) is 51.9 Å². The van der Waals surface area contributed by atoms with E-state index in [0.29, 0.717) is 26.3 Å². The van der Waals surface area contributed by atoms with Crippen molar-refractivity contribution in [3.63, 3.8) is 0 Å². The molecular weight excluding hydrogens is 1190 g/mol. The first-order valence-corrected chi connectivity index (χ1v) is 32.0. The second-order valence-electron chi connectivity index (χ2n) is 33.1. The lowest BCUT2D eigenvalue weighted by Crippen LogP contribution is -2.45. The third-order valence-corrected chi connectivity index (χ3v) is 19.4. The van der Waals surface area contributed by atoms with Crippen molar-refractivity contribution < 1.29 is 96.6 Å². The van der Waals surface area contributed by atoms with E-state index in [1.165, 1.54) is 4.90 Å². The van der Waals surface area contributed by atoms with Crippen molar-refractivity contribution in [1.29, 1.82) is 0 Å². The standard InChI is InChI=1S/C12H23NO3.C12H23NO2.C12H20O5.C11H21NO3.C11H22O4.C10H21NO3/c1-11(2,3)12(4,5)10(14)16-13-6-8-15-9-7-13;1-11(2,3)12(4,5)10(14)15-13-8-6-7-9-13;1-11(2,3)12(4,5)9(13)15-6-8-7-16-10(14)17-8;1-10(2,3)11(4,5)8(13)15-9(14)12(6)7;1-10(2,3)11(4,5)9(14)15-7-8(13)6-12;1-9(2,3)10(4,5)8(13)14-11-6-7-12/h6-9H2,1-5H3;6-9H2,1-5H3;8H,6-7H2,1-5H3;1-7H3;8,12-13H,6-7H2,1-5H3;11-12H,6-7H2,1-5H3. The Labute approximate surface area is 554 Å². The molecule has 2 atom stereocenters. The number of carbonyl (C=O) groups excluding carboxylic acids is 8. The zero-order chi connectivity index (χ0) is 73.5. The van der Waals surface area contributed by atoms with Crippen LogP contribution >= 0.6 is 0 Å². The minimum Gasteiger partial charge on any atom is -0.462 e. The molecule has 0 spiro atoms. The molecule has 2 unspecified atom stereocenters. The third-order valence-electron chi connectivity index (χ3n) is 19.4. The normalized spacial score (nSPS) is 16.7. The van der Waals surface area contributed by atoms with Gasteiger partial charge in [0, 0.05) is 27.2 Å². The van der Waals surface area contributed by atoms with Gasteiger partial charge in [-0.15, -0.1) is 10.1 Å². The lowest BCUT2D eigenvalue weighted by Gasteiger charge is -2.38. The van der Waals surface area contributed by atoms with Crippen molar-refractivity contribution in [2.45, 2.75) is 233 Å². The molecule has 0 aliphatic carbocycles. The number of nitrogens with one attached hydrogen (secondary N) is 1. The van der Waals surface area contributed by atoms with Gasteiger partial charge in [-0.2, -0.15) is 5.48 Å². The number of esters is 3. The van der Waals surface area contributed by atoms with Crippen LogP contribution in [0.25, 0.3) is 0 Å². The van der Waals surface area contributed by atoms with Crippen molar-refractivity contribution in [1.82, 2.24) is 20.5 Å². The molecule has 24 heteroatoms. The summed E-state index contributed by atoms with van der Waals surface area (Å²) in [6.45, 7) is 62.4. The first-order valence-electron chi connectivity index (χ1n) is 32.0. The number of aliphatic hydroxyl groups excluding tert-OH is 3. The molecule has 3 heterocycles. The van der Waals surface area contributed by atoms with Crippen LogP contribution in [0.2, 0.25) is 0 Å². The Bertz CT molecular complexity index is 2290. The summed E-state index contributed by atoms with van der Waals surface area (Å²) in [4.78, 5) is 110. The molecule has 0 aromatic rings. The number of cyclic esters (lactones) is 2. The summed E-state index contributed by atoms with van der Waals surface area (Å²) >= 11 is 0. The quantitative estimate of drug-likeness (QED) is 0.0367. The number of morpholine rings is 1. The number of nitrogens with zero attached hydrogens (tertiary/aromatic N) is 3. The summed E-state index contributed by atoms with van der Waals surface area (Å²) in [6, 6.07) is 0. The van der Waals surface area contributed by atoms with E-state index in [4.69, 9.17) is 53.5 Å². The number of hydroxylamine groups is 5. The Morgan fingerprint density at radius 2 is 0.848 bits per heavy atom. The van der Waals surface area contributed by atoms with Crippen LogP contribution in [-0.2, 0) is 71.7 Å². The highest BCUT2D eigenvalue weighted by molar-refractivity contribution is 5.88. The summed E-state index contributed by atoms with van der Waals surface area (Å²) in [7, 11) is 3.08. The second kappa shape index (κ2) is 37.0. The lowest BCUT2D eigenvalue weighted by molar-refractivity contribution is -0.219. The highest BCUT2D eigenvalue weighted by Crippen LogP contribution is 2.43. The van der Waals surface area contributed by atoms with E-state index >= 15 is 0 Å². The van der Waals surface area contributed by atoms with Gasteiger partial charge in [0.15, 0.2) is 6.10 Å². The Morgan fingerprint density at radius 1 is 0.511 bits per heavy atom. The topological polar surface area (TPSA) is 302 Å². The molecule has 0 bridgehead atoms. The van der Waals surface area contributed by atoms with Gasteiger partial charge in [0.1, 0.15) is 25.9 Å². The maximum Gasteiger partial charge on any atom is 0.508 e. The van der Waals surface area contributed by atoms with Gasteiger partial charge in [-0.05, 0) is 128 Å². The first-order chi connectivity index (χ1) is 41.0. The number of rotatable bonds is 16. The summed E-state index contributed by atoms with van der Waals surface area (Å²) < 4.78 is 29.4. The number of carbonyl (C=O) groups is 8. The highest BCUT2D eigenvalue weighted by atomic mass is 16.8. The monoisotopic (exact) mass is 1320 g/mol. The molecule has 0 saturated carbocycles. The van der Waals surface area contributed by atoms with Gasteiger partial charge in [0.2, 0.25) is 0 Å². The van der Waals surface area contributed by atoms with Crippen LogP contribution in [0.15, 0.2) is 0 Å². The van der Waals surface area contributed by atoms with E-state index in [1.807, 2.05) is 159 Å². The van der Waals surface area contributed by atoms with Crippen LogP contribution in [0.1, 0.15) is 221 Å². The minimum absolute atomic E-state index is 0.0457. The van der Waals surface area contributed by atoms with Gasteiger partial charge < -0.3 is 63.2 Å². The maximum atomic E-state index is 12.1. The molecule has 3 rings (SSSR count). The van der Waals surface area contributed by atoms with Crippen LogP contribution in [0.3, 0.4) is 0 Å². The van der Waals surface area contributed by atoms with E-state index in [0.717, 1.165) is 25.9 Å². The summed E-state index contributed by atoms with van der Waals surface area (Å²) in [6.07, 6.45) is -0.558. The zero-order valence-electron chi connectivity index (χ0n) is 63.2. The van der Waals surface area contributed by atoms with Crippen LogP contribution in [-0.4, -0.2) is 184 Å². The Balaban J connectivity index is -0.00000103. The number of hydrogen-bond donors (Lipinski definition) is 4. The average Bonchev–Trinajstić information content (AvgIpc) is 1.01. The van der Waals surface area contributed by atoms with Gasteiger partial charge in [-0.1, -0.05) is 125 Å². The Hall–Kier alpha value is -4.72. The summed E-state index contributed by atoms with van der Waals surface area (Å²) in [5.74, 6) is -1.73. The molecule has 24 nitrogen and oxygen atoms in total. The van der Waals surface area contributed by atoms with E-state index in [2.05, 4.69) is 31.0 Å². The van der Waals surface area contributed by atoms with Crippen LogP contribution < -0.4 is 5.48 Å². The number of amides is 1.